The molecule has 38 heavy (non-hydrogen) atoms. The molecule has 11 heteroatoms. The van der Waals surface area contributed by atoms with Gasteiger partial charge in [0.15, 0.2) is 5.65 Å². The van der Waals surface area contributed by atoms with E-state index in [4.69, 9.17) is 10.8 Å². The smallest absolute Gasteiger partial charge is 0.256 e. The molecule has 1 aliphatic heterocycles. The minimum absolute atomic E-state index is 0.0141. The summed E-state index contributed by atoms with van der Waals surface area (Å²) in [5.74, 6) is 0.530. The van der Waals surface area contributed by atoms with Gasteiger partial charge in [-0.3, -0.25) is 9.59 Å². The molecule has 5 rings (SSSR count). The summed E-state index contributed by atoms with van der Waals surface area (Å²) in [6.07, 6.45) is 7.28. The molecule has 0 aliphatic carbocycles. The first-order chi connectivity index (χ1) is 18.4. The van der Waals surface area contributed by atoms with E-state index in [-0.39, 0.29) is 17.9 Å². The van der Waals surface area contributed by atoms with Gasteiger partial charge in [0.2, 0.25) is 5.91 Å². The second-order valence-corrected chi connectivity index (χ2v) is 9.39. The van der Waals surface area contributed by atoms with E-state index in [1.807, 2.05) is 46.8 Å². The monoisotopic (exact) mass is 511 g/mol. The number of hydrogen-bond acceptors (Lipinski definition) is 8. The Hall–Kier alpha value is -4.64. The third kappa shape index (κ3) is 5.23. The quantitative estimate of drug-likeness (QED) is 0.362. The lowest BCUT2D eigenvalue weighted by Crippen LogP contribution is -2.28. The van der Waals surface area contributed by atoms with Crippen molar-refractivity contribution in [1.29, 1.82) is 0 Å². The van der Waals surface area contributed by atoms with Crippen LogP contribution >= 0.6 is 0 Å². The molecule has 1 atom stereocenters. The molecule has 194 valence electrons. The van der Waals surface area contributed by atoms with Crippen LogP contribution in [0.5, 0.6) is 0 Å². The first kappa shape index (κ1) is 25.0. The highest BCUT2D eigenvalue weighted by Crippen LogP contribution is 2.34. The van der Waals surface area contributed by atoms with E-state index >= 15 is 0 Å². The fourth-order valence-corrected chi connectivity index (χ4v) is 4.47. The van der Waals surface area contributed by atoms with E-state index in [0.29, 0.717) is 53.6 Å². The van der Waals surface area contributed by atoms with Crippen LogP contribution < -0.4 is 11.1 Å². The van der Waals surface area contributed by atoms with Crippen molar-refractivity contribution in [2.75, 3.05) is 44.8 Å². The number of likely N-dealkylation sites (tertiary alicyclic amines) is 1. The summed E-state index contributed by atoms with van der Waals surface area (Å²) in [5, 5.41) is 8.31. The van der Waals surface area contributed by atoms with Crippen LogP contribution in [0.2, 0.25) is 0 Å². The summed E-state index contributed by atoms with van der Waals surface area (Å²) < 4.78 is 1.85. The number of nitrogen functional groups attached to an aromatic ring is 1. The van der Waals surface area contributed by atoms with Gasteiger partial charge in [-0.15, -0.1) is 0 Å². The molecular weight excluding hydrogens is 482 g/mol. The average molecular weight is 512 g/mol. The van der Waals surface area contributed by atoms with Gasteiger partial charge in [-0.2, -0.15) is 5.10 Å². The van der Waals surface area contributed by atoms with Crippen LogP contribution in [0.25, 0.3) is 22.3 Å². The molecule has 1 aliphatic rings. The van der Waals surface area contributed by atoms with Crippen LogP contribution in [0.15, 0.2) is 67.1 Å². The maximum absolute atomic E-state index is 12.7. The molecule has 1 unspecified atom stereocenters. The maximum Gasteiger partial charge on any atom is 0.256 e. The Morgan fingerprint density at radius 2 is 1.95 bits per heavy atom. The minimum Gasteiger partial charge on any atom is -0.383 e. The van der Waals surface area contributed by atoms with E-state index in [1.165, 1.54) is 6.33 Å². The lowest BCUT2D eigenvalue weighted by molar-refractivity contribution is -0.125. The molecule has 3 N–H and O–H groups in total. The molecule has 0 radical (unpaired) electrons. The summed E-state index contributed by atoms with van der Waals surface area (Å²) >= 11 is 0. The predicted octanol–water partition coefficient (Wildman–Crippen LogP) is 2.61. The van der Waals surface area contributed by atoms with Gasteiger partial charge in [-0.1, -0.05) is 24.3 Å². The van der Waals surface area contributed by atoms with E-state index in [1.54, 1.807) is 42.6 Å². The Morgan fingerprint density at radius 3 is 2.68 bits per heavy atom. The van der Waals surface area contributed by atoms with Crippen molar-refractivity contribution in [3.8, 4) is 11.3 Å². The normalized spacial score (nSPS) is 15.6. The molecule has 4 heterocycles. The number of hydrogen-bond donors (Lipinski definition) is 2. The SMILES string of the molecule is CN(C)C/C=C/C(=O)N1CCC(n2nc(-c3ccc(C(=O)Nc4ccccn4)cc3)c3c(N)ncnc32)C1. The van der Waals surface area contributed by atoms with E-state index in [9.17, 15) is 9.59 Å². The summed E-state index contributed by atoms with van der Waals surface area (Å²) in [5.41, 5.74) is 8.79. The van der Waals surface area contributed by atoms with Gasteiger partial charge in [0, 0.05) is 43.0 Å². The molecule has 1 saturated heterocycles. The van der Waals surface area contributed by atoms with Crippen molar-refractivity contribution in [3.05, 3.63) is 72.7 Å². The third-order valence-corrected chi connectivity index (χ3v) is 6.40. The average Bonchev–Trinajstić information content (AvgIpc) is 3.55. The molecule has 3 aromatic heterocycles. The lowest BCUT2D eigenvalue weighted by atomic mass is 10.1. The molecule has 4 aromatic rings. The fraction of sp³-hybridized carbons (Fsp3) is 0.259. The Morgan fingerprint density at radius 1 is 1.13 bits per heavy atom. The number of nitrogens with two attached hydrogens (primary N) is 1. The Balaban J connectivity index is 1.39. The van der Waals surface area contributed by atoms with Crippen molar-refractivity contribution >= 4 is 34.5 Å². The molecule has 1 fully saturated rings. The van der Waals surface area contributed by atoms with Crippen LogP contribution in [0.3, 0.4) is 0 Å². The summed E-state index contributed by atoms with van der Waals surface area (Å²) in [6, 6.07) is 12.4. The zero-order valence-corrected chi connectivity index (χ0v) is 21.3. The predicted molar refractivity (Wildman–Crippen MR) is 145 cm³/mol. The number of amides is 2. The summed E-state index contributed by atoms with van der Waals surface area (Å²) in [4.78, 5) is 41.9. The highest BCUT2D eigenvalue weighted by Gasteiger charge is 2.30. The molecule has 0 bridgehead atoms. The zero-order chi connectivity index (χ0) is 26.6. The third-order valence-electron chi connectivity index (χ3n) is 6.40. The standard InChI is InChI=1S/C27H29N9O2/c1-34(2)14-5-7-22(37)35-15-12-20(16-35)36-26-23(25(28)30-17-31-26)24(33-36)18-8-10-19(11-9-18)27(38)32-21-6-3-4-13-29-21/h3-11,13,17,20H,12,14-16H2,1-2H3,(H2,28,30,31)(H,29,32,38)/b7-5+. The second-order valence-electron chi connectivity index (χ2n) is 9.39. The van der Waals surface area contributed by atoms with Gasteiger partial charge in [0.1, 0.15) is 23.7 Å². The number of nitrogens with one attached hydrogen (secondary N) is 1. The first-order valence-corrected chi connectivity index (χ1v) is 12.3. The van der Waals surface area contributed by atoms with Gasteiger partial charge in [-0.05, 0) is 44.8 Å². The van der Waals surface area contributed by atoms with Crippen molar-refractivity contribution in [2.24, 2.45) is 0 Å². The van der Waals surface area contributed by atoms with Crippen LogP contribution in [0, 0.1) is 0 Å². The van der Waals surface area contributed by atoms with Gasteiger partial charge >= 0.3 is 0 Å². The fourth-order valence-electron chi connectivity index (χ4n) is 4.47. The van der Waals surface area contributed by atoms with Crippen molar-refractivity contribution in [1.82, 2.24) is 34.5 Å². The zero-order valence-electron chi connectivity index (χ0n) is 21.3. The highest BCUT2D eigenvalue weighted by atomic mass is 16.2. The number of rotatable bonds is 7. The second kappa shape index (κ2) is 10.8. The van der Waals surface area contributed by atoms with Crippen molar-refractivity contribution < 1.29 is 9.59 Å². The van der Waals surface area contributed by atoms with Crippen LogP contribution in [0.1, 0.15) is 22.8 Å². The molecule has 1 aromatic carbocycles. The summed E-state index contributed by atoms with van der Waals surface area (Å²) in [6.45, 7) is 1.86. The van der Waals surface area contributed by atoms with E-state index < -0.39 is 0 Å². The van der Waals surface area contributed by atoms with Crippen LogP contribution in [0.4, 0.5) is 11.6 Å². The molecule has 0 spiro atoms. The van der Waals surface area contributed by atoms with Gasteiger partial charge < -0.3 is 20.9 Å². The highest BCUT2D eigenvalue weighted by molar-refractivity contribution is 6.04. The molecule has 0 saturated carbocycles. The first-order valence-electron chi connectivity index (χ1n) is 12.3. The topological polar surface area (TPSA) is 135 Å². The minimum atomic E-state index is -0.260. The van der Waals surface area contributed by atoms with E-state index in [2.05, 4.69) is 20.3 Å². The molecular formula is C27H29N9O2. The number of anilines is 2. The van der Waals surface area contributed by atoms with Crippen LogP contribution in [-0.2, 0) is 4.79 Å². The van der Waals surface area contributed by atoms with Gasteiger partial charge in [0.05, 0.1) is 11.4 Å². The Labute approximate surface area is 220 Å². The number of likely N-dealkylation sites (N-methyl/N-ethyl adjacent to an activating group) is 1. The maximum atomic E-state index is 12.7. The Kier molecular flexibility index (Phi) is 7.09. The largest absolute Gasteiger partial charge is 0.383 e. The Bertz CT molecular complexity index is 1480. The number of carbonyl (C=O) groups is 2. The van der Waals surface area contributed by atoms with E-state index in [0.717, 1.165) is 12.0 Å². The van der Waals surface area contributed by atoms with Crippen molar-refractivity contribution in [3.63, 3.8) is 0 Å². The summed E-state index contributed by atoms with van der Waals surface area (Å²) in [7, 11) is 3.92. The van der Waals surface area contributed by atoms with Crippen molar-refractivity contribution in [2.45, 2.75) is 12.5 Å². The molecule has 11 nitrogen and oxygen atoms in total. The number of fused-ring (bicyclic) bond motifs is 1. The molecule has 2 amide bonds. The number of benzene rings is 1. The lowest BCUT2D eigenvalue weighted by Gasteiger charge is -2.15. The number of nitrogens with zero attached hydrogens (tertiary/aromatic N) is 7. The number of pyridine rings is 1. The number of aromatic nitrogens is 5. The number of carbonyl (C=O) groups excluding carboxylic acids is 2. The van der Waals surface area contributed by atoms with Gasteiger partial charge in [-0.25, -0.2) is 19.6 Å². The van der Waals surface area contributed by atoms with Gasteiger partial charge in [0.25, 0.3) is 5.91 Å². The van der Waals surface area contributed by atoms with Crippen LogP contribution in [-0.4, -0.2) is 80.1 Å².